The van der Waals surface area contributed by atoms with Gasteiger partial charge >= 0.3 is 0 Å². The smallest absolute Gasteiger partial charge is 0.131 e. The Morgan fingerprint density at radius 1 is 1.00 bits per heavy atom. The molecule has 0 heterocycles. The minimum atomic E-state index is -0.208. The van der Waals surface area contributed by atoms with E-state index in [1.807, 2.05) is 42.5 Å². The Balaban J connectivity index is 2.38. The number of hydrogen-bond donors (Lipinski definition) is 0. The molecule has 0 spiro atoms. The van der Waals surface area contributed by atoms with Gasteiger partial charge in [-0.1, -0.05) is 48.0 Å². The quantitative estimate of drug-likeness (QED) is 0.681. The van der Waals surface area contributed by atoms with Crippen LogP contribution < -0.4 is 0 Å². The van der Waals surface area contributed by atoms with Gasteiger partial charge in [-0.25, -0.2) is 0 Å². The lowest BCUT2D eigenvalue weighted by atomic mass is 9.99. The summed E-state index contributed by atoms with van der Waals surface area (Å²) in [5.74, 6) is -0.208. The molecule has 16 heavy (non-hydrogen) atoms. The third-order valence-electron chi connectivity index (χ3n) is 3.09. The molecule has 1 atom stereocenters. The summed E-state index contributed by atoms with van der Waals surface area (Å²) in [6, 6.07) is 13.7. The average Bonchev–Trinajstić information content (AvgIpc) is 2.65. The van der Waals surface area contributed by atoms with E-state index in [2.05, 4.69) is 0 Å². The van der Waals surface area contributed by atoms with E-state index in [1.54, 1.807) is 0 Å². The molecule has 0 saturated heterocycles. The van der Waals surface area contributed by atoms with Gasteiger partial charge in [-0.3, -0.25) is 0 Å². The van der Waals surface area contributed by atoms with Gasteiger partial charge < -0.3 is 4.79 Å². The van der Waals surface area contributed by atoms with Crippen molar-refractivity contribution >= 4 is 17.9 Å². The fourth-order valence-corrected chi connectivity index (χ4v) is 2.69. The van der Waals surface area contributed by atoms with Crippen molar-refractivity contribution in [1.82, 2.24) is 0 Å². The van der Waals surface area contributed by atoms with Crippen LogP contribution in [0.4, 0.5) is 0 Å². The van der Waals surface area contributed by atoms with Gasteiger partial charge in [0.1, 0.15) is 6.29 Å². The highest BCUT2D eigenvalue weighted by molar-refractivity contribution is 6.32. The van der Waals surface area contributed by atoms with Crippen LogP contribution in [-0.4, -0.2) is 6.29 Å². The molecule has 2 heteroatoms. The van der Waals surface area contributed by atoms with Crippen LogP contribution in [0.3, 0.4) is 0 Å². The molecule has 0 aliphatic heterocycles. The number of carbonyl (C=O) groups excluding carboxylic acids is 1. The minimum absolute atomic E-state index is 0.208. The summed E-state index contributed by atoms with van der Waals surface area (Å²) < 4.78 is 0. The topological polar surface area (TPSA) is 17.1 Å². The number of hydrogen-bond acceptors (Lipinski definition) is 1. The second-order valence-corrected chi connectivity index (χ2v) is 4.31. The number of benzene rings is 2. The third-order valence-corrected chi connectivity index (χ3v) is 3.42. The molecule has 3 rings (SSSR count). The summed E-state index contributed by atoms with van der Waals surface area (Å²) in [5.41, 5.74) is 4.21. The summed E-state index contributed by atoms with van der Waals surface area (Å²) in [5, 5.41) is 0.672. The van der Waals surface area contributed by atoms with Gasteiger partial charge in [0.05, 0.1) is 5.92 Å². The molecule has 2 aromatic rings. The molecule has 0 amide bonds. The summed E-state index contributed by atoms with van der Waals surface area (Å²) >= 11 is 6.17. The molecule has 0 aromatic heterocycles. The highest BCUT2D eigenvalue weighted by Crippen LogP contribution is 2.46. The molecule has 1 aliphatic rings. The van der Waals surface area contributed by atoms with E-state index in [-0.39, 0.29) is 5.92 Å². The first-order chi connectivity index (χ1) is 7.83. The number of halogens is 1. The molecule has 78 valence electrons. The third kappa shape index (κ3) is 1.15. The van der Waals surface area contributed by atoms with Crippen molar-refractivity contribution in [2.75, 3.05) is 0 Å². The van der Waals surface area contributed by atoms with E-state index < -0.39 is 0 Å². The standard InChI is InChI=1S/C14H9ClO/c15-13-7-3-6-11-9-4-1-2-5-10(9)12(8-16)14(11)13/h1-8,12H. The largest absolute Gasteiger partial charge is 0.302 e. The SMILES string of the molecule is O=CC1c2ccccc2-c2cccc(Cl)c21. The van der Waals surface area contributed by atoms with Crippen LogP contribution in [0.1, 0.15) is 17.0 Å². The molecule has 0 bridgehead atoms. The summed E-state index contributed by atoms with van der Waals surface area (Å²) in [7, 11) is 0. The molecule has 1 nitrogen and oxygen atoms in total. The van der Waals surface area contributed by atoms with Crippen molar-refractivity contribution in [3.8, 4) is 11.1 Å². The van der Waals surface area contributed by atoms with Crippen molar-refractivity contribution in [2.45, 2.75) is 5.92 Å². The van der Waals surface area contributed by atoms with Crippen molar-refractivity contribution in [1.29, 1.82) is 0 Å². The van der Waals surface area contributed by atoms with Gasteiger partial charge in [-0.2, -0.15) is 0 Å². The Labute approximate surface area is 98.7 Å². The molecule has 2 aromatic carbocycles. The maximum absolute atomic E-state index is 11.2. The van der Waals surface area contributed by atoms with Gasteiger partial charge in [0.15, 0.2) is 0 Å². The van der Waals surface area contributed by atoms with Crippen LogP contribution in [0.25, 0.3) is 11.1 Å². The Morgan fingerprint density at radius 2 is 1.75 bits per heavy atom. The van der Waals surface area contributed by atoms with E-state index in [0.717, 1.165) is 28.5 Å². The van der Waals surface area contributed by atoms with Crippen molar-refractivity contribution < 1.29 is 4.79 Å². The van der Waals surface area contributed by atoms with E-state index in [1.165, 1.54) is 0 Å². The second kappa shape index (κ2) is 3.46. The van der Waals surface area contributed by atoms with Crippen LogP contribution in [0.15, 0.2) is 42.5 Å². The van der Waals surface area contributed by atoms with Crippen LogP contribution >= 0.6 is 11.6 Å². The zero-order valence-electron chi connectivity index (χ0n) is 8.48. The normalized spacial score (nSPS) is 16.7. The van der Waals surface area contributed by atoms with Crippen LogP contribution in [0.5, 0.6) is 0 Å². The Bertz CT molecular complexity index is 575. The molecule has 0 saturated carbocycles. The molecular formula is C14H9ClO. The first kappa shape index (κ1) is 9.61. The van der Waals surface area contributed by atoms with Gasteiger partial charge in [-0.05, 0) is 28.3 Å². The van der Waals surface area contributed by atoms with Crippen LogP contribution in [0.2, 0.25) is 5.02 Å². The van der Waals surface area contributed by atoms with Crippen LogP contribution in [0, 0.1) is 0 Å². The highest BCUT2D eigenvalue weighted by atomic mass is 35.5. The van der Waals surface area contributed by atoms with Gasteiger partial charge in [0.25, 0.3) is 0 Å². The summed E-state index contributed by atoms with van der Waals surface area (Å²) in [6.07, 6.45) is 0.969. The first-order valence-corrected chi connectivity index (χ1v) is 5.53. The lowest BCUT2D eigenvalue weighted by Crippen LogP contribution is -1.97. The number of aldehydes is 1. The Kier molecular flexibility index (Phi) is 2.08. The molecular weight excluding hydrogens is 220 g/mol. The summed E-state index contributed by atoms with van der Waals surface area (Å²) in [4.78, 5) is 11.2. The van der Waals surface area contributed by atoms with E-state index in [4.69, 9.17) is 11.6 Å². The van der Waals surface area contributed by atoms with Crippen LogP contribution in [-0.2, 0) is 4.79 Å². The van der Waals surface area contributed by atoms with Gasteiger partial charge in [0.2, 0.25) is 0 Å². The second-order valence-electron chi connectivity index (χ2n) is 3.90. The Morgan fingerprint density at radius 3 is 2.56 bits per heavy atom. The molecule has 0 radical (unpaired) electrons. The van der Waals surface area contributed by atoms with Crippen molar-refractivity contribution in [3.05, 3.63) is 58.6 Å². The van der Waals surface area contributed by atoms with Crippen molar-refractivity contribution in [3.63, 3.8) is 0 Å². The van der Waals surface area contributed by atoms with E-state index >= 15 is 0 Å². The Hall–Kier alpha value is -1.60. The number of carbonyl (C=O) groups is 1. The zero-order valence-corrected chi connectivity index (χ0v) is 9.24. The fraction of sp³-hybridized carbons (Fsp3) is 0.0714. The summed E-state index contributed by atoms with van der Waals surface area (Å²) in [6.45, 7) is 0. The van der Waals surface area contributed by atoms with Gasteiger partial charge in [0, 0.05) is 5.02 Å². The maximum Gasteiger partial charge on any atom is 0.131 e. The van der Waals surface area contributed by atoms with E-state index in [0.29, 0.717) is 5.02 Å². The first-order valence-electron chi connectivity index (χ1n) is 5.16. The van der Waals surface area contributed by atoms with Crippen molar-refractivity contribution in [2.24, 2.45) is 0 Å². The average molecular weight is 229 g/mol. The molecule has 1 aliphatic carbocycles. The predicted molar refractivity (Wildman–Crippen MR) is 64.8 cm³/mol. The number of fused-ring (bicyclic) bond motifs is 3. The number of rotatable bonds is 1. The monoisotopic (exact) mass is 228 g/mol. The fourth-order valence-electron chi connectivity index (χ4n) is 2.40. The highest BCUT2D eigenvalue weighted by Gasteiger charge is 2.29. The zero-order chi connectivity index (χ0) is 11.1. The minimum Gasteiger partial charge on any atom is -0.302 e. The predicted octanol–water partition coefficient (Wildman–Crippen LogP) is 3.65. The molecule has 0 N–H and O–H groups in total. The van der Waals surface area contributed by atoms with Gasteiger partial charge in [-0.15, -0.1) is 0 Å². The molecule has 0 fully saturated rings. The maximum atomic E-state index is 11.2. The lowest BCUT2D eigenvalue weighted by molar-refractivity contribution is -0.108. The lowest BCUT2D eigenvalue weighted by Gasteiger charge is -2.06. The molecule has 1 unspecified atom stereocenters. The van der Waals surface area contributed by atoms with E-state index in [9.17, 15) is 4.79 Å².